The van der Waals surface area contributed by atoms with E-state index in [1.54, 1.807) is 0 Å². The van der Waals surface area contributed by atoms with E-state index in [1.807, 2.05) is 31.2 Å². The maximum absolute atomic E-state index is 13.0. The molecule has 0 spiro atoms. The Balaban J connectivity index is 1.85. The van der Waals surface area contributed by atoms with Gasteiger partial charge in [-0.3, -0.25) is 9.59 Å². The monoisotopic (exact) mass is 362 g/mol. The number of rotatable bonds is 4. The standard InChI is InChI=1S/C18H20F2N4O2/c1-11-3-5-13(6-4-11)14-9-23(10-15(14)22-12(2)25)17(26)16-7-8-21-24(16)18(19)20/h3-8,14-15,18H,9-10H2,1-2H3,(H,22,25). The Labute approximate surface area is 149 Å². The third-order valence-corrected chi connectivity index (χ3v) is 4.58. The second kappa shape index (κ2) is 7.23. The number of amides is 2. The molecule has 1 aromatic heterocycles. The summed E-state index contributed by atoms with van der Waals surface area (Å²) in [4.78, 5) is 25.8. The van der Waals surface area contributed by atoms with E-state index in [1.165, 1.54) is 24.1 Å². The average Bonchev–Trinajstić information content (AvgIpc) is 3.21. The lowest BCUT2D eigenvalue weighted by molar-refractivity contribution is -0.119. The molecular weight excluding hydrogens is 342 g/mol. The summed E-state index contributed by atoms with van der Waals surface area (Å²) < 4.78 is 26.4. The third-order valence-electron chi connectivity index (χ3n) is 4.58. The predicted octanol–water partition coefficient (Wildman–Crippen LogP) is 2.33. The van der Waals surface area contributed by atoms with Crippen LogP contribution < -0.4 is 5.32 Å². The van der Waals surface area contributed by atoms with Gasteiger partial charge in [0.25, 0.3) is 5.91 Å². The summed E-state index contributed by atoms with van der Waals surface area (Å²) in [7, 11) is 0. The van der Waals surface area contributed by atoms with Crippen LogP contribution in [0.15, 0.2) is 36.5 Å². The van der Waals surface area contributed by atoms with Crippen molar-refractivity contribution in [1.82, 2.24) is 20.0 Å². The van der Waals surface area contributed by atoms with Gasteiger partial charge in [-0.05, 0) is 18.6 Å². The van der Waals surface area contributed by atoms with Crippen LogP contribution in [0.4, 0.5) is 8.78 Å². The van der Waals surface area contributed by atoms with Crippen molar-refractivity contribution in [3.63, 3.8) is 0 Å². The number of carbonyl (C=O) groups is 2. The maximum atomic E-state index is 13.0. The number of hydrogen-bond donors (Lipinski definition) is 1. The van der Waals surface area contributed by atoms with E-state index in [0.29, 0.717) is 11.2 Å². The van der Waals surface area contributed by atoms with Gasteiger partial charge in [0.1, 0.15) is 5.69 Å². The van der Waals surface area contributed by atoms with E-state index in [2.05, 4.69) is 10.4 Å². The van der Waals surface area contributed by atoms with Gasteiger partial charge in [0, 0.05) is 32.1 Å². The highest BCUT2D eigenvalue weighted by atomic mass is 19.3. The van der Waals surface area contributed by atoms with Gasteiger partial charge in [0.05, 0.1) is 6.04 Å². The fraction of sp³-hybridized carbons (Fsp3) is 0.389. The smallest absolute Gasteiger partial charge is 0.333 e. The Bertz CT molecular complexity index is 804. The number of alkyl halides is 2. The first-order valence-electron chi connectivity index (χ1n) is 8.31. The summed E-state index contributed by atoms with van der Waals surface area (Å²) >= 11 is 0. The zero-order chi connectivity index (χ0) is 18.8. The van der Waals surface area contributed by atoms with E-state index < -0.39 is 12.5 Å². The maximum Gasteiger partial charge on any atom is 0.333 e. The van der Waals surface area contributed by atoms with E-state index in [4.69, 9.17) is 0 Å². The minimum atomic E-state index is -2.88. The summed E-state index contributed by atoms with van der Waals surface area (Å²) in [6.07, 6.45) is 1.18. The molecule has 1 fully saturated rings. The van der Waals surface area contributed by atoms with Crippen molar-refractivity contribution >= 4 is 11.8 Å². The molecule has 0 saturated carbocycles. The SMILES string of the molecule is CC(=O)NC1CN(C(=O)c2ccnn2C(F)F)CC1c1ccc(C)cc1. The molecule has 2 heterocycles. The molecule has 2 amide bonds. The number of aromatic nitrogens is 2. The van der Waals surface area contributed by atoms with Gasteiger partial charge >= 0.3 is 6.55 Å². The molecule has 0 bridgehead atoms. The first kappa shape index (κ1) is 18.0. The second-order valence-electron chi connectivity index (χ2n) is 6.47. The van der Waals surface area contributed by atoms with Crippen LogP contribution in [-0.4, -0.2) is 45.6 Å². The molecule has 138 valence electrons. The Morgan fingerprint density at radius 3 is 2.50 bits per heavy atom. The summed E-state index contributed by atoms with van der Waals surface area (Å²) in [5.41, 5.74) is 1.94. The first-order chi connectivity index (χ1) is 12.4. The Hall–Kier alpha value is -2.77. The zero-order valence-electron chi connectivity index (χ0n) is 14.5. The lowest BCUT2D eigenvalue weighted by atomic mass is 9.93. The molecule has 1 aromatic carbocycles. The van der Waals surface area contributed by atoms with Crippen molar-refractivity contribution in [1.29, 1.82) is 0 Å². The highest BCUT2D eigenvalue weighted by molar-refractivity contribution is 5.93. The van der Waals surface area contributed by atoms with Crippen LogP contribution in [-0.2, 0) is 4.79 Å². The lowest BCUT2D eigenvalue weighted by Crippen LogP contribution is -2.39. The van der Waals surface area contributed by atoms with Crippen molar-refractivity contribution in [2.75, 3.05) is 13.1 Å². The van der Waals surface area contributed by atoms with Gasteiger partial charge in [-0.15, -0.1) is 0 Å². The van der Waals surface area contributed by atoms with Crippen molar-refractivity contribution in [2.24, 2.45) is 0 Å². The van der Waals surface area contributed by atoms with Crippen LogP contribution in [0, 0.1) is 6.92 Å². The van der Waals surface area contributed by atoms with Crippen LogP contribution >= 0.6 is 0 Å². The number of nitrogens with one attached hydrogen (secondary N) is 1. The average molecular weight is 362 g/mol. The molecule has 0 aliphatic carbocycles. The third kappa shape index (κ3) is 3.58. The molecule has 2 atom stereocenters. The fourth-order valence-electron chi connectivity index (χ4n) is 3.33. The molecule has 2 unspecified atom stereocenters. The molecule has 1 N–H and O–H groups in total. The van der Waals surface area contributed by atoms with Crippen LogP contribution in [0.3, 0.4) is 0 Å². The number of benzene rings is 1. The molecule has 1 aliphatic rings. The minimum absolute atomic E-state index is 0.105. The fourth-order valence-corrected chi connectivity index (χ4v) is 3.33. The molecule has 1 saturated heterocycles. The number of hydrogen-bond acceptors (Lipinski definition) is 3. The van der Waals surface area contributed by atoms with Crippen molar-refractivity contribution in [3.8, 4) is 0 Å². The topological polar surface area (TPSA) is 67.2 Å². The van der Waals surface area contributed by atoms with Gasteiger partial charge in [-0.2, -0.15) is 18.6 Å². The van der Waals surface area contributed by atoms with Crippen molar-refractivity contribution < 1.29 is 18.4 Å². The van der Waals surface area contributed by atoms with E-state index in [-0.39, 0.29) is 30.1 Å². The van der Waals surface area contributed by atoms with Crippen LogP contribution in [0.5, 0.6) is 0 Å². The molecule has 3 rings (SSSR count). The number of likely N-dealkylation sites (tertiary alicyclic amines) is 1. The molecule has 6 nitrogen and oxygen atoms in total. The Morgan fingerprint density at radius 1 is 1.19 bits per heavy atom. The summed E-state index contributed by atoms with van der Waals surface area (Å²) in [6.45, 7) is 1.10. The van der Waals surface area contributed by atoms with Gasteiger partial charge in [-0.1, -0.05) is 29.8 Å². The normalized spacial score (nSPS) is 19.8. The molecule has 0 radical (unpaired) electrons. The summed E-state index contributed by atoms with van der Waals surface area (Å²) in [6, 6.07) is 8.87. The van der Waals surface area contributed by atoms with Gasteiger partial charge in [0.15, 0.2) is 0 Å². The number of halogens is 2. The zero-order valence-corrected chi connectivity index (χ0v) is 14.5. The molecule has 26 heavy (non-hydrogen) atoms. The van der Waals surface area contributed by atoms with Crippen LogP contribution in [0.25, 0.3) is 0 Å². The van der Waals surface area contributed by atoms with Gasteiger partial charge < -0.3 is 10.2 Å². The number of carbonyl (C=O) groups excluding carboxylic acids is 2. The number of nitrogens with zero attached hydrogens (tertiary/aromatic N) is 3. The van der Waals surface area contributed by atoms with Crippen molar-refractivity contribution in [3.05, 3.63) is 53.3 Å². The van der Waals surface area contributed by atoms with Crippen LogP contribution in [0.1, 0.15) is 41.0 Å². The van der Waals surface area contributed by atoms with Gasteiger partial charge in [-0.25, -0.2) is 0 Å². The van der Waals surface area contributed by atoms with Crippen molar-refractivity contribution in [2.45, 2.75) is 32.4 Å². The minimum Gasteiger partial charge on any atom is -0.351 e. The highest BCUT2D eigenvalue weighted by Crippen LogP contribution is 2.29. The van der Waals surface area contributed by atoms with E-state index in [0.717, 1.165) is 11.1 Å². The van der Waals surface area contributed by atoms with Gasteiger partial charge in [0.2, 0.25) is 5.91 Å². The Morgan fingerprint density at radius 2 is 1.88 bits per heavy atom. The summed E-state index contributed by atoms with van der Waals surface area (Å²) in [5, 5.41) is 6.38. The lowest BCUT2D eigenvalue weighted by Gasteiger charge is -2.19. The molecule has 2 aromatic rings. The predicted molar refractivity (Wildman–Crippen MR) is 90.9 cm³/mol. The molecule has 1 aliphatic heterocycles. The summed E-state index contributed by atoms with van der Waals surface area (Å²) in [5.74, 6) is -0.821. The van der Waals surface area contributed by atoms with E-state index in [9.17, 15) is 18.4 Å². The second-order valence-corrected chi connectivity index (χ2v) is 6.47. The highest BCUT2D eigenvalue weighted by Gasteiger charge is 2.38. The molecule has 8 heteroatoms. The molecular formula is C18H20F2N4O2. The van der Waals surface area contributed by atoms with Crippen LogP contribution in [0.2, 0.25) is 0 Å². The quantitative estimate of drug-likeness (QED) is 0.908. The number of aryl methyl sites for hydroxylation is 1. The largest absolute Gasteiger partial charge is 0.351 e. The van der Waals surface area contributed by atoms with E-state index >= 15 is 0 Å². The Kier molecular flexibility index (Phi) is 5.01. The first-order valence-corrected chi connectivity index (χ1v) is 8.31.